The summed E-state index contributed by atoms with van der Waals surface area (Å²) in [6.45, 7) is 0.214. The smallest absolute Gasteiger partial charge is 0.274 e. The van der Waals surface area contributed by atoms with Crippen molar-refractivity contribution in [2.45, 2.75) is 0 Å². The fourth-order valence-corrected chi connectivity index (χ4v) is 2.71. The minimum atomic E-state index is -0.311. The predicted octanol–water partition coefficient (Wildman–Crippen LogP) is 3.27. The molecule has 0 radical (unpaired) electrons. The fraction of sp³-hybridized carbons (Fsp3) is 0.150. The van der Waals surface area contributed by atoms with Crippen LogP contribution in [0.25, 0.3) is 0 Å². The van der Waals surface area contributed by atoms with Gasteiger partial charge in [-0.3, -0.25) is 4.79 Å². The van der Waals surface area contributed by atoms with Crippen LogP contribution in [0.1, 0.15) is 10.5 Å². The molecule has 0 atom stereocenters. The summed E-state index contributed by atoms with van der Waals surface area (Å²) in [6.07, 6.45) is 1.35. The van der Waals surface area contributed by atoms with Gasteiger partial charge in [-0.15, -0.1) is 0 Å². The summed E-state index contributed by atoms with van der Waals surface area (Å²) in [5, 5.41) is 5.98. The Morgan fingerprint density at radius 3 is 2.50 bits per heavy atom. The van der Waals surface area contributed by atoms with Gasteiger partial charge in [-0.05, 0) is 36.4 Å². The molecule has 1 amide bonds. The summed E-state index contributed by atoms with van der Waals surface area (Å²) in [4.78, 5) is 22.7. The Hall–Kier alpha value is -3.81. The van der Waals surface area contributed by atoms with Gasteiger partial charge in [-0.25, -0.2) is 9.97 Å². The second-order valence-electron chi connectivity index (χ2n) is 6.38. The van der Waals surface area contributed by atoms with Crippen molar-refractivity contribution in [3.05, 3.63) is 60.6 Å². The number of nitrogens with zero attached hydrogens (tertiary/aromatic N) is 3. The average Bonchev–Trinajstić information content (AvgIpc) is 3.16. The van der Waals surface area contributed by atoms with E-state index in [4.69, 9.17) is 9.47 Å². The summed E-state index contributed by atoms with van der Waals surface area (Å²) in [5.74, 6) is 1.56. The lowest BCUT2D eigenvalue weighted by Crippen LogP contribution is -2.14. The topological polar surface area (TPSA) is 88.6 Å². The molecule has 0 fully saturated rings. The third-order valence-electron chi connectivity index (χ3n) is 4.19. The third kappa shape index (κ3) is 3.80. The van der Waals surface area contributed by atoms with E-state index in [-0.39, 0.29) is 18.4 Å². The number of rotatable bonds is 5. The van der Waals surface area contributed by atoms with Gasteiger partial charge < -0.3 is 25.0 Å². The van der Waals surface area contributed by atoms with Crippen LogP contribution in [-0.4, -0.2) is 36.8 Å². The van der Waals surface area contributed by atoms with Crippen LogP contribution in [0.5, 0.6) is 11.5 Å². The molecule has 0 saturated carbocycles. The Bertz CT molecular complexity index is 1000. The molecule has 0 spiro atoms. The lowest BCUT2D eigenvalue weighted by molar-refractivity contribution is 0.102. The van der Waals surface area contributed by atoms with E-state index < -0.39 is 0 Å². The maximum absolute atomic E-state index is 12.5. The van der Waals surface area contributed by atoms with Crippen LogP contribution in [0.2, 0.25) is 0 Å². The molecular weight excluding hydrogens is 358 g/mol. The standard InChI is InChI=1S/C20H19N5O3/c1-25(2)15-6-3-13(4-7-15)24-20(26)16-10-19(22-11-21-16)23-14-5-8-17-18(9-14)28-12-27-17/h3-11H,12H2,1-2H3,(H,24,26)(H,21,22,23). The van der Waals surface area contributed by atoms with Crippen molar-refractivity contribution < 1.29 is 14.3 Å². The molecule has 1 aromatic heterocycles. The molecule has 4 rings (SSSR count). The van der Waals surface area contributed by atoms with Crippen LogP contribution in [-0.2, 0) is 0 Å². The van der Waals surface area contributed by atoms with Crippen LogP contribution < -0.4 is 25.0 Å². The summed E-state index contributed by atoms with van der Waals surface area (Å²) in [5.41, 5.74) is 2.78. The van der Waals surface area contributed by atoms with E-state index >= 15 is 0 Å². The second-order valence-corrected chi connectivity index (χ2v) is 6.38. The van der Waals surface area contributed by atoms with Gasteiger partial charge in [-0.2, -0.15) is 0 Å². The molecule has 28 heavy (non-hydrogen) atoms. The minimum Gasteiger partial charge on any atom is -0.454 e. The van der Waals surface area contributed by atoms with Crippen molar-refractivity contribution in [1.82, 2.24) is 9.97 Å². The summed E-state index contributed by atoms with van der Waals surface area (Å²) >= 11 is 0. The van der Waals surface area contributed by atoms with Crippen molar-refractivity contribution in [2.24, 2.45) is 0 Å². The Morgan fingerprint density at radius 1 is 0.964 bits per heavy atom. The van der Waals surface area contributed by atoms with Gasteiger partial charge in [0.25, 0.3) is 5.91 Å². The van der Waals surface area contributed by atoms with Crippen molar-refractivity contribution in [3.63, 3.8) is 0 Å². The van der Waals surface area contributed by atoms with E-state index in [0.717, 1.165) is 11.4 Å². The number of amides is 1. The van der Waals surface area contributed by atoms with Crippen LogP contribution >= 0.6 is 0 Å². The highest BCUT2D eigenvalue weighted by molar-refractivity contribution is 6.03. The number of fused-ring (bicyclic) bond motifs is 1. The van der Waals surface area contributed by atoms with Gasteiger partial charge >= 0.3 is 0 Å². The number of aromatic nitrogens is 2. The summed E-state index contributed by atoms with van der Waals surface area (Å²) < 4.78 is 10.7. The lowest BCUT2D eigenvalue weighted by atomic mass is 10.2. The molecule has 1 aliphatic rings. The zero-order valence-corrected chi connectivity index (χ0v) is 15.5. The minimum absolute atomic E-state index is 0.214. The van der Waals surface area contributed by atoms with Gasteiger partial charge in [-0.1, -0.05) is 0 Å². The predicted molar refractivity (Wildman–Crippen MR) is 107 cm³/mol. The molecule has 0 saturated heterocycles. The molecule has 8 nitrogen and oxygen atoms in total. The quantitative estimate of drug-likeness (QED) is 0.705. The zero-order valence-electron chi connectivity index (χ0n) is 15.5. The van der Waals surface area contributed by atoms with Gasteiger partial charge in [0.1, 0.15) is 17.8 Å². The third-order valence-corrected chi connectivity index (χ3v) is 4.19. The molecule has 8 heteroatoms. The Balaban J connectivity index is 1.46. The Labute approximate surface area is 162 Å². The number of benzene rings is 2. The maximum atomic E-state index is 12.5. The highest BCUT2D eigenvalue weighted by Crippen LogP contribution is 2.34. The fourth-order valence-electron chi connectivity index (χ4n) is 2.71. The lowest BCUT2D eigenvalue weighted by Gasteiger charge is -2.13. The van der Waals surface area contributed by atoms with Crippen molar-refractivity contribution in [2.75, 3.05) is 36.4 Å². The first kappa shape index (κ1) is 17.6. The number of ether oxygens (including phenoxy) is 2. The van der Waals surface area contributed by atoms with Gasteiger partial charge in [0, 0.05) is 43.3 Å². The van der Waals surface area contributed by atoms with E-state index in [1.54, 1.807) is 6.07 Å². The molecule has 2 heterocycles. The normalized spacial score (nSPS) is 11.8. The molecule has 1 aliphatic heterocycles. The molecule has 2 N–H and O–H groups in total. The van der Waals surface area contributed by atoms with Gasteiger partial charge in [0.05, 0.1) is 0 Å². The summed E-state index contributed by atoms with van der Waals surface area (Å²) in [7, 11) is 3.92. The number of carbonyl (C=O) groups excluding carboxylic acids is 1. The van der Waals surface area contributed by atoms with E-state index in [9.17, 15) is 4.79 Å². The van der Waals surface area contributed by atoms with E-state index in [2.05, 4.69) is 20.6 Å². The van der Waals surface area contributed by atoms with E-state index in [1.165, 1.54) is 6.33 Å². The molecule has 2 aromatic carbocycles. The van der Waals surface area contributed by atoms with Crippen molar-refractivity contribution in [1.29, 1.82) is 0 Å². The van der Waals surface area contributed by atoms with Crippen molar-refractivity contribution in [3.8, 4) is 11.5 Å². The van der Waals surface area contributed by atoms with Gasteiger partial charge in [0.2, 0.25) is 6.79 Å². The maximum Gasteiger partial charge on any atom is 0.274 e. The van der Waals surface area contributed by atoms with Crippen LogP contribution in [0.4, 0.5) is 22.9 Å². The van der Waals surface area contributed by atoms with Crippen LogP contribution in [0.3, 0.4) is 0 Å². The highest BCUT2D eigenvalue weighted by atomic mass is 16.7. The first-order valence-corrected chi connectivity index (χ1v) is 8.66. The van der Waals surface area contributed by atoms with Crippen LogP contribution in [0, 0.1) is 0 Å². The molecule has 3 aromatic rings. The SMILES string of the molecule is CN(C)c1ccc(NC(=O)c2cc(Nc3ccc4c(c3)OCO4)ncn2)cc1. The number of hydrogen-bond donors (Lipinski definition) is 2. The van der Waals surface area contributed by atoms with E-state index in [0.29, 0.717) is 23.0 Å². The molecule has 0 aliphatic carbocycles. The Morgan fingerprint density at radius 2 is 1.71 bits per heavy atom. The van der Waals surface area contributed by atoms with Crippen molar-refractivity contribution >= 4 is 28.8 Å². The molecule has 0 unspecified atom stereocenters. The monoisotopic (exact) mass is 377 g/mol. The average molecular weight is 377 g/mol. The zero-order chi connectivity index (χ0) is 19.5. The first-order valence-electron chi connectivity index (χ1n) is 8.66. The summed E-state index contributed by atoms with van der Waals surface area (Å²) in [6, 6.07) is 14.6. The number of hydrogen-bond acceptors (Lipinski definition) is 7. The number of nitrogens with one attached hydrogen (secondary N) is 2. The molecule has 142 valence electrons. The first-order chi connectivity index (χ1) is 13.6. The molecular formula is C20H19N5O3. The largest absolute Gasteiger partial charge is 0.454 e. The van der Waals surface area contributed by atoms with E-state index in [1.807, 2.05) is 61.5 Å². The van der Waals surface area contributed by atoms with Crippen LogP contribution in [0.15, 0.2) is 54.9 Å². The molecule has 0 bridgehead atoms. The van der Waals surface area contributed by atoms with Gasteiger partial charge in [0.15, 0.2) is 11.5 Å². The number of anilines is 4. The number of carbonyl (C=O) groups is 1. The Kier molecular flexibility index (Phi) is 4.67. The second kappa shape index (κ2) is 7.43. The highest BCUT2D eigenvalue weighted by Gasteiger charge is 2.14.